The smallest absolute Gasteiger partial charge is 0.0935 e. The van der Waals surface area contributed by atoms with Gasteiger partial charge in [0.25, 0.3) is 0 Å². The Hall–Kier alpha value is -1.58. The molecule has 1 heterocycles. The van der Waals surface area contributed by atoms with Gasteiger partial charge in [0.15, 0.2) is 0 Å². The van der Waals surface area contributed by atoms with E-state index in [0.717, 1.165) is 12.0 Å². The number of aryl methyl sites for hydroxylation is 1. The summed E-state index contributed by atoms with van der Waals surface area (Å²) in [5.41, 5.74) is 6.47. The molecule has 1 atom stereocenters. The van der Waals surface area contributed by atoms with Crippen molar-refractivity contribution in [1.29, 1.82) is 0 Å². The number of benzene rings is 1. The van der Waals surface area contributed by atoms with E-state index in [2.05, 4.69) is 24.5 Å². The van der Waals surface area contributed by atoms with E-state index < -0.39 is 0 Å². The molecule has 0 aliphatic heterocycles. The summed E-state index contributed by atoms with van der Waals surface area (Å²) >= 11 is 0. The average molecular weight is 216 g/mol. The van der Waals surface area contributed by atoms with Crippen molar-refractivity contribution in [3.05, 3.63) is 59.5 Å². The van der Waals surface area contributed by atoms with Crippen molar-refractivity contribution >= 4 is 0 Å². The zero-order chi connectivity index (χ0) is 11.4. The molecule has 0 saturated heterocycles. The molecule has 0 fully saturated rings. The molecule has 3 heteroatoms. The van der Waals surface area contributed by atoms with Gasteiger partial charge in [-0.2, -0.15) is 0 Å². The standard InChI is InChI=1S/C13H16N2O/c1-10-4-2-3-5-12(10)13(15-14)8-11-6-7-16-9-11/h2-7,9,13,15H,8,14H2,1H3. The van der Waals surface area contributed by atoms with Gasteiger partial charge in [-0.1, -0.05) is 24.3 Å². The third-order valence-electron chi connectivity index (χ3n) is 2.78. The van der Waals surface area contributed by atoms with Crippen molar-refractivity contribution in [3.8, 4) is 0 Å². The Balaban J connectivity index is 2.20. The highest BCUT2D eigenvalue weighted by molar-refractivity contribution is 5.30. The first kappa shape index (κ1) is 10.9. The maximum absolute atomic E-state index is 5.61. The van der Waals surface area contributed by atoms with Crippen LogP contribution < -0.4 is 11.3 Å². The van der Waals surface area contributed by atoms with E-state index in [1.54, 1.807) is 12.5 Å². The number of nitrogens with two attached hydrogens (primary N) is 1. The summed E-state index contributed by atoms with van der Waals surface area (Å²) in [5.74, 6) is 5.61. The van der Waals surface area contributed by atoms with Gasteiger partial charge in [0, 0.05) is 0 Å². The Labute approximate surface area is 95.2 Å². The second kappa shape index (κ2) is 4.96. The third kappa shape index (κ3) is 2.32. The van der Waals surface area contributed by atoms with Gasteiger partial charge in [0.2, 0.25) is 0 Å². The predicted octanol–water partition coefficient (Wildman–Crippen LogP) is 2.34. The molecule has 0 radical (unpaired) electrons. The summed E-state index contributed by atoms with van der Waals surface area (Å²) < 4.78 is 5.06. The van der Waals surface area contributed by atoms with Crippen molar-refractivity contribution < 1.29 is 4.42 Å². The number of rotatable bonds is 4. The van der Waals surface area contributed by atoms with Crippen LogP contribution in [0.2, 0.25) is 0 Å². The van der Waals surface area contributed by atoms with Gasteiger partial charge in [0.05, 0.1) is 18.6 Å². The summed E-state index contributed by atoms with van der Waals surface area (Å²) in [6.45, 7) is 2.09. The van der Waals surface area contributed by atoms with Crippen LogP contribution in [0.5, 0.6) is 0 Å². The molecule has 1 aromatic carbocycles. The lowest BCUT2D eigenvalue weighted by atomic mass is 9.97. The van der Waals surface area contributed by atoms with Crippen LogP contribution in [0, 0.1) is 6.92 Å². The minimum atomic E-state index is 0.124. The molecule has 2 rings (SSSR count). The highest BCUT2D eigenvalue weighted by Gasteiger charge is 2.12. The second-order valence-corrected chi connectivity index (χ2v) is 3.91. The Morgan fingerprint density at radius 3 is 2.75 bits per heavy atom. The van der Waals surface area contributed by atoms with Crippen LogP contribution in [0.3, 0.4) is 0 Å². The summed E-state index contributed by atoms with van der Waals surface area (Å²) in [4.78, 5) is 0. The Morgan fingerprint density at radius 1 is 1.31 bits per heavy atom. The quantitative estimate of drug-likeness (QED) is 0.609. The highest BCUT2D eigenvalue weighted by atomic mass is 16.3. The van der Waals surface area contributed by atoms with Crippen LogP contribution >= 0.6 is 0 Å². The van der Waals surface area contributed by atoms with E-state index in [9.17, 15) is 0 Å². The van der Waals surface area contributed by atoms with Gasteiger partial charge < -0.3 is 4.42 Å². The Morgan fingerprint density at radius 2 is 2.12 bits per heavy atom. The monoisotopic (exact) mass is 216 g/mol. The molecular weight excluding hydrogens is 200 g/mol. The van der Waals surface area contributed by atoms with Gasteiger partial charge >= 0.3 is 0 Å². The molecule has 3 N–H and O–H groups in total. The van der Waals surface area contributed by atoms with Gasteiger partial charge in [0.1, 0.15) is 0 Å². The number of hydrogen-bond acceptors (Lipinski definition) is 3. The number of furan rings is 1. The van der Waals surface area contributed by atoms with E-state index in [-0.39, 0.29) is 6.04 Å². The average Bonchev–Trinajstić information content (AvgIpc) is 2.80. The topological polar surface area (TPSA) is 51.2 Å². The van der Waals surface area contributed by atoms with Crippen molar-refractivity contribution in [2.75, 3.05) is 0 Å². The SMILES string of the molecule is Cc1ccccc1C(Cc1ccoc1)NN. The summed E-state index contributed by atoms with van der Waals surface area (Å²) in [5, 5.41) is 0. The first-order valence-corrected chi connectivity index (χ1v) is 5.34. The van der Waals surface area contributed by atoms with Crippen molar-refractivity contribution in [2.24, 2.45) is 5.84 Å². The first-order valence-electron chi connectivity index (χ1n) is 5.34. The molecule has 2 aromatic rings. The molecule has 1 unspecified atom stereocenters. The summed E-state index contributed by atoms with van der Waals surface area (Å²) in [6.07, 6.45) is 4.27. The molecule has 84 valence electrons. The molecule has 16 heavy (non-hydrogen) atoms. The van der Waals surface area contributed by atoms with E-state index in [0.29, 0.717) is 0 Å². The predicted molar refractivity (Wildman–Crippen MR) is 63.7 cm³/mol. The largest absolute Gasteiger partial charge is 0.472 e. The molecular formula is C13H16N2O. The summed E-state index contributed by atoms with van der Waals surface area (Å²) in [6, 6.07) is 10.3. The van der Waals surface area contributed by atoms with Crippen LogP contribution in [0.1, 0.15) is 22.7 Å². The minimum absolute atomic E-state index is 0.124. The van der Waals surface area contributed by atoms with E-state index >= 15 is 0 Å². The lowest BCUT2D eigenvalue weighted by Crippen LogP contribution is -2.30. The van der Waals surface area contributed by atoms with Crippen LogP contribution in [-0.2, 0) is 6.42 Å². The van der Waals surface area contributed by atoms with Gasteiger partial charge in [-0.3, -0.25) is 11.3 Å². The van der Waals surface area contributed by atoms with Gasteiger partial charge in [-0.25, -0.2) is 0 Å². The Kier molecular flexibility index (Phi) is 3.39. The maximum Gasteiger partial charge on any atom is 0.0935 e. The minimum Gasteiger partial charge on any atom is -0.472 e. The zero-order valence-corrected chi connectivity index (χ0v) is 9.31. The highest BCUT2D eigenvalue weighted by Crippen LogP contribution is 2.20. The number of hydrogen-bond donors (Lipinski definition) is 2. The molecule has 0 aliphatic rings. The lowest BCUT2D eigenvalue weighted by Gasteiger charge is -2.17. The molecule has 0 amide bonds. The van der Waals surface area contributed by atoms with Crippen molar-refractivity contribution in [1.82, 2.24) is 5.43 Å². The first-order chi connectivity index (χ1) is 7.81. The second-order valence-electron chi connectivity index (χ2n) is 3.91. The normalized spacial score (nSPS) is 12.6. The Bertz CT molecular complexity index is 437. The fraction of sp³-hybridized carbons (Fsp3) is 0.231. The van der Waals surface area contributed by atoms with Crippen LogP contribution in [0.25, 0.3) is 0 Å². The fourth-order valence-electron chi connectivity index (χ4n) is 1.88. The van der Waals surface area contributed by atoms with E-state index in [4.69, 9.17) is 10.3 Å². The molecule has 3 nitrogen and oxygen atoms in total. The van der Waals surface area contributed by atoms with Crippen molar-refractivity contribution in [3.63, 3.8) is 0 Å². The molecule has 0 saturated carbocycles. The number of hydrazine groups is 1. The third-order valence-corrected chi connectivity index (χ3v) is 2.78. The molecule has 0 spiro atoms. The van der Waals surface area contributed by atoms with Crippen LogP contribution in [0.4, 0.5) is 0 Å². The number of nitrogens with one attached hydrogen (secondary N) is 1. The molecule has 0 aliphatic carbocycles. The molecule has 0 bridgehead atoms. The fourth-order valence-corrected chi connectivity index (χ4v) is 1.88. The zero-order valence-electron chi connectivity index (χ0n) is 9.31. The van der Waals surface area contributed by atoms with E-state index in [1.807, 2.05) is 18.2 Å². The van der Waals surface area contributed by atoms with Gasteiger partial charge in [-0.05, 0) is 36.1 Å². The van der Waals surface area contributed by atoms with Crippen LogP contribution in [0.15, 0.2) is 47.3 Å². The lowest BCUT2D eigenvalue weighted by molar-refractivity contribution is 0.534. The molecule has 1 aromatic heterocycles. The maximum atomic E-state index is 5.61. The summed E-state index contributed by atoms with van der Waals surface area (Å²) in [7, 11) is 0. The van der Waals surface area contributed by atoms with Gasteiger partial charge in [-0.15, -0.1) is 0 Å². The van der Waals surface area contributed by atoms with Crippen LogP contribution in [-0.4, -0.2) is 0 Å². The van der Waals surface area contributed by atoms with E-state index in [1.165, 1.54) is 11.1 Å². The van der Waals surface area contributed by atoms with Crippen molar-refractivity contribution in [2.45, 2.75) is 19.4 Å².